The largest absolute Gasteiger partial charge is 0.467 e. The van der Waals surface area contributed by atoms with Crippen molar-refractivity contribution in [1.82, 2.24) is 5.43 Å². The number of furan rings is 1. The highest BCUT2D eigenvalue weighted by Crippen LogP contribution is 2.30. The van der Waals surface area contributed by atoms with Gasteiger partial charge >= 0.3 is 0 Å². The summed E-state index contributed by atoms with van der Waals surface area (Å²) in [5, 5.41) is 3.50. The lowest BCUT2D eigenvalue weighted by Gasteiger charge is -2.14. The van der Waals surface area contributed by atoms with Crippen LogP contribution in [-0.2, 0) is 6.42 Å². The summed E-state index contributed by atoms with van der Waals surface area (Å²) in [5.41, 5.74) is 5.29. The average molecular weight is 272 g/mol. The van der Waals surface area contributed by atoms with Crippen LogP contribution in [0.15, 0.2) is 46.4 Å². The predicted molar refractivity (Wildman–Crippen MR) is 79.0 cm³/mol. The predicted octanol–water partition coefficient (Wildman–Crippen LogP) is 3.55. The molecule has 0 aliphatic heterocycles. The van der Waals surface area contributed by atoms with Crippen LogP contribution in [0.2, 0.25) is 0 Å². The first-order valence-corrected chi connectivity index (χ1v) is 7.13. The minimum atomic E-state index is 0.00741. The first-order valence-electron chi connectivity index (χ1n) is 6.25. The Kier molecular flexibility index (Phi) is 3.38. The normalized spacial score (nSPS) is 12.9. The highest BCUT2D eigenvalue weighted by molar-refractivity contribution is 7.17. The molecule has 1 atom stereocenters. The Morgan fingerprint density at radius 2 is 2.16 bits per heavy atom. The summed E-state index contributed by atoms with van der Waals surface area (Å²) in [6, 6.07) is 10.4. The number of nitrogens with one attached hydrogen (secondary N) is 1. The third-order valence-electron chi connectivity index (χ3n) is 3.40. The second-order valence-electron chi connectivity index (χ2n) is 4.65. The van der Waals surface area contributed by atoms with Gasteiger partial charge in [-0.15, -0.1) is 11.3 Å². The Bertz CT molecular complexity index is 686. The Balaban J connectivity index is 1.93. The van der Waals surface area contributed by atoms with E-state index < -0.39 is 0 Å². The summed E-state index contributed by atoms with van der Waals surface area (Å²) in [5.74, 6) is 6.60. The minimum absolute atomic E-state index is 0.00741. The lowest BCUT2D eigenvalue weighted by Crippen LogP contribution is -2.29. The standard InChI is InChI=1S/C15H16N2OS/c1-10-6-7-18-15(10)13(17-16)8-11-9-19-14-5-3-2-4-12(11)14/h2-7,9,13,17H,8,16H2,1H3. The van der Waals surface area contributed by atoms with E-state index in [0.29, 0.717) is 0 Å². The van der Waals surface area contributed by atoms with Gasteiger partial charge in [0.05, 0.1) is 12.3 Å². The number of thiophene rings is 1. The molecule has 0 saturated carbocycles. The smallest absolute Gasteiger partial charge is 0.125 e. The van der Waals surface area contributed by atoms with Gasteiger partial charge in [-0.2, -0.15) is 0 Å². The van der Waals surface area contributed by atoms with Gasteiger partial charge in [-0.1, -0.05) is 18.2 Å². The van der Waals surface area contributed by atoms with E-state index in [1.54, 1.807) is 17.6 Å². The maximum atomic E-state index is 5.69. The van der Waals surface area contributed by atoms with Crippen molar-refractivity contribution in [1.29, 1.82) is 0 Å². The fraction of sp³-hybridized carbons (Fsp3) is 0.200. The van der Waals surface area contributed by atoms with E-state index in [1.165, 1.54) is 15.6 Å². The van der Waals surface area contributed by atoms with Crippen molar-refractivity contribution in [2.24, 2.45) is 5.84 Å². The van der Waals surface area contributed by atoms with Crippen LogP contribution < -0.4 is 11.3 Å². The molecule has 4 heteroatoms. The van der Waals surface area contributed by atoms with E-state index in [0.717, 1.165) is 17.7 Å². The molecular weight excluding hydrogens is 256 g/mol. The highest BCUT2D eigenvalue weighted by Gasteiger charge is 2.17. The van der Waals surface area contributed by atoms with Crippen molar-refractivity contribution in [3.63, 3.8) is 0 Å². The Morgan fingerprint density at radius 3 is 2.89 bits per heavy atom. The summed E-state index contributed by atoms with van der Waals surface area (Å²) >= 11 is 1.77. The maximum Gasteiger partial charge on any atom is 0.125 e. The number of hydrogen-bond donors (Lipinski definition) is 2. The first kappa shape index (κ1) is 12.4. The molecule has 3 aromatic rings. The van der Waals surface area contributed by atoms with Crippen LogP contribution in [0.4, 0.5) is 0 Å². The first-order chi connectivity index (χ1) is 9.29. The summed E-state index contributed by atoms with van der Waals surface area (Å²) in [6.45, 7) is 2.04. The minimum Gasteiger partial charge on any atom is -0.467 e. The van der Waals surface area contributed by atoms with E-state index in [4.69, 9.17) is 10.3 Å². The number of benzene rings is 1. The molecule has 0 saturated heterocycles. The molecule has 0 bridgehead atoms. The van der Waals surface area contributed by atoms with Gasteiger partial charge in [-0.25, -0.2) is 5.43 Å². The van der Waals surface area contributed by atoms with Crippen molar-refractivity contribution < 1.29 is 4.42 Å². The molecule has 3 N–H and O–H groups in total. The monoisotopic (exact) mass is 272 g/mol. The molecule has 3 nitrogen and oxygen atoms in total. The molecule has 0 amide bonds. The zero-order valence-electron chi connectivity index (χ0n) is 10.7. The highest BCUT2D eigenvalue weighted by atomic mass is 32.1. The zero-order valence-corrected chi connectivity index (χ0v) is 11.5. The van der Waals surface area contributed by atoms with Crippen LogP contribution in [-0.4, -0.2) is 0 Å². The summed E-state index contributed by atoms with van der Waals surface area (Å²) < 4.78 is 6.85. The molecule has 3 rings (SSSR count). The van der Waals surface area contributed by atoms with Crippen molar-refractivity contribution in [2.75, 3.05) is 0 Å². The molecule has 0 aliphatic carbocycles. The number of aryl methyl sites for hydroxylation is 1. The van der Waals surface area contributed by atoms with Crippen LogP contribution in [0.5, 0.6) is 0 Å². The lowest BCUT2D eigenvalue weighted by atomic mass is 10.0. The lowest BCUT2D eigenvalue weighted by molar-refractivity contribution is 0.414. The number of fused-ring (bicyclic) bond motifs is 1. The third-order valence-corrected chi connectivity index (χ3v) is 4.42. The molecule has 2 heterocycles. The van der Waals surface area contributed by atoms with Crippen molar-refractivity contribution in [3.8, 4) is 0 Å². The fourth-order valence-corrected chi connectivity index (χ4v) is 3.36. The van der Waals surface area contributed by atoms with E-state index in [1.807, 2.05) is 13.0 Å². The molecular formula is C15H16N2OS. The van der Waals surface area contributed by atoms with Crippen molar-refractivity contribution in [2.45, 2.75) is 19.4 Å². The number of hydrazine groups is 1. The molecule has 0 aliphatic rings. The van der Waals surface area contributed by atoms with Gasteiger partial charge in [-0.3, -0.25) is 5.84 Å². The Labute approximate surface area is 116 Å². The Morgan fingerprint density at radius 1 is 1.32 bits per heavy atom. The van der Waals surface area contributed by atoms with Gasteiger partial charge in [0.15, 0.2) is 0 Å². The summed E-state index contributed by atoms with van der Waals surface area (Å²) in [4.78, 5) is 0. The second kappa shape index (κ2) is 5.17. The molecule has 1 unspecified atom stereocenters. The van der Waals surface area contributed by atoms with E-state index in [2.05, 4.69) is 35.1 Å². The van der Waals surface area contributed by atoms with Crippen LogP contribution in [0.3, 0.4) is 0 Å². The number of nitrogens with two attached hydrogens (primary N) is 1. The molecule has 19 heavy (non-hydrogen) atoms. The Hall–Kier alpha value is -1.62. The topological polar surface area (TPSA) is 51.2 Å². The van der Waals surface area contributed by atoms with E-state index >= 15 is 0 Å². The average Bonchev–Trinajstić information content (AvgIpc) is 3.03. The van der Waals surface area contributed by atoms with Crippen LogP contribution in [0.1, 0.15) is 22.9 Å². The van der Waals surface area contributed by atoms with Crippen LogP contribution >= 0.6 is 11.3 Å². The van der Waals surface area contributed by atoms with Gasteiger partial charge in [0.1, 0.15) is 5.76 Å². The molecule has 1 aromatic carbocycles. The SMILES string of the molecule is Cc1ccoc1C(Cc1csc2ccccc12)NN. The molecule has 0 fully saturated rings. The molecule has 2 aromatic heterocycles. The van der Waals surface area contributed by atoms with Gasteiger partial charge < -0.3 is 4.42 Å². The van der Waals surface area contributed by atoms with Crippen molar-refractivity contribution in [3.05, 3.63) is 58.9 Å². The number of hydrogen-bond acceptors (Lipinski definition) is 4. The van der Waals surface area contributed by atoms with Crippen LogP contribution in [0, 0.1) is 6.92 Å². The van der Waals surface area contributed by atoms with Gasteiger partial charge in [0.25, 0.3) is 0 Å². The molecule has 98 valence electrons. The third kappa shape index (κ3) is 2.30. The zero-order chi connectivity index (χ0) is 13.2. The maximum absolute atomic E-state index is 5.69. The van der Waals surface area contributed by atoms with E-state index in [-0.39, 0.29) is 6.04 Å². The fourth-order valence-electron chi connectivity index (χ4n) is 2.38. The van der Waals surface area contributed by atoms with Gasteiger partial charge in [-0.05, 0) is 47.4 Å². The van der Waals surface area contributed by atoms with Crippen molar-refractivity contribution >= 4 is 21.4 Å². The molecule has 0 radical (unpaired) electrons. The number of rotatable bonds is 4. The van der Waals surface area contributed by atoms with Gasteiger partial charge in [0.2, 0.25) is 0 Å². The summed E-state index contributed by atoms with van der Waals surface area (Å²) in [7, 11) is 0. The van der Waals surface area contributed by atoms with Crippen LogP contribution in [0.25, 0.3) is 10.1 Å². The molecule has 0 spiro atoms. The second-order valence-corrected chi connectivity index (χ2v) is 5.56. The van der Waals surface area contributed by atoms with Gasteiger partial charge in [0, 0.05) is 4.70 Å². The van der Waals surface area contributed by atoms with E-state index in [9.17, 15) is 0 Å². The summed E-state index contributed by atoms with van der Waals surface area (Å²) in [6.07, 6.45) is 2.54. The quantitative estimate of drug-likeness (QED) is 0.564.